The molecule has 0 saturated carbocycles. The monoisotopic (exact) mass is 708 g/mol. The van der Waals surface area contributed by atoms with Gasteiger partial charge in [0.15, 0.2) is 6.61 Å². The number of nitrogens with zero attached hydrogens (tertiary/aromatic N) is 5. The molecule has 4 aromatic rings. The van der Waals surface area contributed by atoms with Gasteiger partial charge < -0.3 is 23.7 Å². The maximum atomic E-state index is 13.4. The molecule has 5 heterocycles. The maximum Gasteiger partial charge on any atom is 0.266 e. The van der Waals surface area contributed by atoms with Gasteiger partial charge in [0.2, 0.25) is 11.8 Å². The first-order valence-corrected chi connectivity index (χ1v) is 16.8. The Kier molecular flexibility index (Phi) is 9.19. The van der Waals surface area contributed by atoms with E-state index in [-0.39, 0.29) is 47.8 Å². The molecular formula is C37H36N6O9. The largest absolute Gasteiger partial charge is 0.496 e. The zero-order valence-corrected chi connectivity index (χ0v) is 28.8. The number of hydrogen-bond acceptors (Lipinski definition) is 11. The Labute approximate surface area is 297 Å². The van der Waals surface area contributed by atoms with Gasteiger partial charge in [-0.2, -0.15) is 0 Å². The van der Waals surface area contributed by atoms with E-state index in [1.807, 2.05) is 18.2 Å². The fraction of sp³-hybridized carbons (Fsp3) is 0.324. The highest BCUT2D eigenvalue weighted by molar-refractivity contribution is 6.24. The van der Waals surface area contributed by atoms with Crippen LogP contribution in [0.2, 0.25) is 0 Å². The number of aromatic nitrogens is 2. The van der Waals surface area contributed by atoms with Crippen molar-refractivity contribution in [2.45, 2.75) is 25.4 Å². The van der Waals surface area contributed by atoms with Gasteiger partial charge in [0.05, 0.1) is 36.3 Å². The SMILES string of the molecule is COc1cc(-c2cn(C)c(=O)c3cnccc23)cc(OC)c1CN1CCN(C(=O)COc2cccc3c2C(=O)N(C2CCC(=O)NC2=O)C3=O)CC1. The van der Waals surface area contributed by atoms with E-state index in [0.29, 0.717) is 49.6 Å². The van der Waals surface area contributed by atoms with E-state index in [4.69, 9.17) is 14.2 Å². The normalized spacial score (nSPS) is 17.7. The van der Waals surface area contributed by atoms with E-state index in [9.17, 15) is 28.8 Å². The first-order valence-electron chi connectivity index (χ1n) is 16.8. The number of pyridine rings is 2. The summed E-state index contributed by atoms with van der Waals surface area (Å²) in [6, 6.07) is 9.09. The van der Waals surface area contributed by atoms with Crippen molar-refractivity contribution in [1.29, 1.82) is 0 Å². The number of rotatable bonds is 9. The van der Waals surface area contributed by atoms with Gasteiger partial charge in [0.1, 0.15) is 23.3 Å². The van der Waals surface area contributed by atoms with Crippen LogP contribution in [0.25, 0.3) is 21.9 Å². The number of aryl methyl sites for hydroxylation is 1. The number of hydrogen-bond donors (Lipinski definition) is 1. The number of amides is 5. The van der Waals surface area contributed by atoms with Crippen molar-refractivity contribution in [3.8, 4) is 28.4 Å². The van der Waals surface area contributed by atoms with Crippen LogP contribution in [0.5, 0.6) is 17.2 Å². The highest BCUT2D eigenvalue weighted by Gasteiger charge is 2.46. The van der Waals surface area contributed by atoms with E-state index < -0.39 is 29.7 Å². The Morgan fingerprint density at radius 1 is 0.904 bits per heavy atom. The number of carbonyl (C=O) groups is 5. The zero-order valence-electron chi connectivity index (χ0n) is 28.8. The lowest BCUT2D eigenvalue weighted by Gasteiger charge is -2.35. The lowest BCUT2D eigenvalue weighted by molar-refractivity contribution is -0.136. The van der Waals surface area contributed by atoms with Crippen LogP contribution in [-0.4, -0.2) is 107 Å². The molecule has 3 aliphatic heterocycles. The van der Waals surface area contributed by atoms with Crippen LogP contribution in [0.3, 0.4) is 0 Å². The summed E-state index contributed by atoms with van der Waals surface area (Å²) in [5.74, 6) is -1.48. The molecule has 15 heteroatoms. The Morgan fingerprint density at radius 2 is 1.63 bits per heavy atom. The number of piperazine rings is 1. The number of imide groups is 2. The van der Waals surface area contributed by atoms with Gasteiger partial charge in [-0.15, -0.1) is 0 Å². The van der Waals surface area contributed by atoms with E-state index >= 15 is 0 Å². The molecule has 1 atom stereocenters. The van der Waals surface area contributed by atoms with Gasteiger partial charge in [-0.3, -0.25) is 48.9 Å². The average Bonchev–Trinajstić information content (AvgIpc) is 3.41. The summed E-state index contributed by atoms with van der Waals surface area (Å²) in [5, 5.41) is 3.46. The summed E-state index contributed by atoms with van der Waals surface area (Å²) in [5.41, 5.74) is 2.42. The molecule has 0 aliphatic carbocycles. The number of ether oxygens (including phenoxy) is 3. The van der Waals surface area contributed by atoms with Gasteiger partial charge in [-0.05, 0) is 47.7 Å². The zero-order chi connectivity index (χ0) is 36.7. The number of fused-ring (bicyclic) bond motifs is 2. The molecule has 1 N–H and O–H groups in total. The highest BCUT2D eigenvalue weighted by Crippen LogP contribution is 2.38. The molecule has 15 nitrogen and oxygen atoms in total. The third-order valence-corrected chi connectivity index (χ3v) is 9.79. The van der Waals surface area contributed by atoms with Crippen LogP contribution >= 0.6 is 0 Å². The molecule has 1 unspecified atom stereocenters. The summed E-state index contributed by atoms with van der Waals surface area (Å²) in [6.07, 6.45) is 5.05. The number of methoxy groups -OCH3 is 2. The number of carbonyl (C=O) groups excluding carboxylic acids is 5. The van der Waals surface area contributed by atoms with Crippen LogP contribution in [0.4, 0.5) is 0 Å². The number of piperidine rings is 1. The van der Waals surface area contributed by atoms with Crippen molar-refractivity contribution in [3.05, 3.63) is 82.0 Å². The predicted octanol–water partition coefficient (Wildman–Crippen LogP) is 1.74. The lowest BCUT2D eigenvalue weighted by Crippen LogP contribution is -2.54. The van der Waals surface area contributed by atoms with Gasteiger partial charge in [0, 0.05) is 70.3 Å². The van der Waals surface area contributed by atoms with Crippen LogP contribution in [0, 0.1) is 0 Å². The Bertz CT molecular complexity index is 2180. The van der Waals surface area contributed by atoms with Gasteiger partial charge in [-0.1, -0.05) is 6.07 Å². The minimum atomic E-state index is -1.10. The van der Waals surface area contributed by atoms with Crippen molar-refractivity contribution in [3.63, 3.8) is 0 Å². The van der Waals surface area contributed by atoms with E-state index in [0.717, 1.165) is 27.0 Å². The van der Waals surface area contributed by atoms with E-state index in [2.05, 4.69) is 15.2 Å². The Morgan fingerprint density at radius 3 is 2.33 bits per heavy atom. The fourth-order valence-electron chi connectivity index (χ4n) is 7.05. The minimum Gasteiger partial charge on any atom is -0.496 e. The van der Waals surface area contributed by atoms with Crippen molar-refractivity contribution in [2.75, 3.05) is 47.0 Å². The first kappa shape index (κ1) is 34.4. The summed E-state index contributed by atoms with van der Waals surface area (Å²) >= 11 is 0. The molecule has 0 spiro atoms. The second-order valence-electron chi connectivity index (χ2n) is 12.8. The van der Waals surface area contributed by atoms with Crippen molar-refractivity contribution < 1.29 is 38.2 Å². The molecule has 5 amide bonds. The lowest BCUT2D eigenvalue weighted by atomic mass is 9.99. The molecule has 52 heavy (non-hydrogen) atoms. The summed E-state index contributed by atoms with van der Waals surface area (Å²) in [7, 11) is 4.89. The molecule has 0 radical (unpaired) electrons. The van der Waals surface area contributed by atoms with Gasteiger partial charge in [-0.25, -0.2) is 0 Å². The smallest absolute Gasteiger partial charge is 0.266 e. The molecule has 2 aromatic carbocycles. The van der Waals surface area contributed by atoms with Crippen LogP contribution < -0.4 is 25.1 Å². The maximum absolute atomic E-state index is 13.4. The van der Waals surface area contributed by atoms with E-state index in [1.54, 1.807) is 50.8 Å². The van der Waals surface area contributed by atoms with E-state index in [1.165, 1.54) is 16.7 Å². The van der Waals surface area contributed by atoms with Gasteiger partial charge in [0.25, 0.3) is 23.3 Å². The molecule has 0 bridgehead atoms. The second-order valence-corrected chi connectivity index (χ2v) is 12.8. The van der Waals surface area contributed by atoms with Crippen molar-refractivity contribution in [1.82, 2.24) is 29.6 Å². The quantitative estimate of drug-likeness (QED) is 0.252. The Balaban J connectivity index is 1.00. The molecule has 2 aromatic heterocycles. The standard InChI is InChI=1S/C37H36N6O9/c1-40-18-25(22-9-10-38-17-24(22)35(40)47)21-15-29(50-2)26(30(16-21)51-3)19-41-11-13-42(14-12-41)32(45)20-52-28-6-4-5-23-33(28)37(49)43(36(23)48)27-7-8-31(44)39-34(27)46/h4-6,9-10,15-18,27H,7-8,11-14,19-20H2,1-3H3,(H,39,44,46). The minimum absolute atomic E-state index is 0.00904. The van der Waals surface area contributed by atoms with Crippen LogP contribution in [-0.2, 0) is 28.0 Å². The summed E-state index contributed by atoms with van der Waals surface area (Å²) in [4.78, 5) is 85.4. The fourth-order valence-corrected chi connectivity index (χ4v) is 7.05. The average molecular weight is 709 g/mol. The molecular weight excluding hydrogens is 672 g/mol. The third-order valence-electron chi connectivity index (χ3n) is 9.79. The van der Waals surface area contributed by atoms with Crippen molar-refractivity contribution in [2.24, 2.45) is 7.05 Å². The summed E-state index contributed by atoms with van der Waals surface area (Å²) in [6.45, 7) is 2.13. The summed E-state index contributed by atoms with van der Waals surface area (Å²) < 4.78 is 19.0. The highest BCUT2D eigenvalue weighted by atomic mass is 16.5. The number of benzene rings is 2. The van der Waals surface area contributed by atoms with Gasteiger partial charge >= 0.3 is 0 Å². The third kappa shape index (κ3) is 6.12. The van der Waals surface area contributed by atoms with Crippen molar-refractivity contribution >= 4 is 40.3 Å². The van der Waals surface area contributed by atoms with Crippen LogP contribution in [0.1, 0.15) is 39.1 Å². The molecule has 7 rings (SSSR count). The molecule has 3 aliphatic rings. The topological polar surface area (TPSA) is 170 Å². The molecule has 2 saturated heterocycles. The molecule has 268 valence electrons. The Hall–Kier alpha value is -6.09. The first-order chi connectivity index (χ1) is 25.1. The van der Waals surface area contributed by atoms with Crippen LogP contribution in [0.15, 0.2) is 59.8 Å². The molecule has 2 fully saturated rings. The number of nitrogens with one attached hydrogen (secondary N) is 1. The predicted molar refractivity (Wildman–Crippen MR) is 186 cm³/mol. The second kappa shape index (κ2) is 13.9.